The van der Waals surface area contributed by atoms with Gasteiger partial charge in [0.25, 0.3) is 0 Å². The van der Waals surface area contributed by atoms with Gasteiger partial charge in [0, 0.05) is 19.6 Å². The molecule has 1 amide bonds. The molecule has 34 heavy (non-hydrogen) atoms. The zero-order valence-corrected chi connectivity index (χ0v) is 18.8. The van der Waals surface area contributed by atoms with Crippen LogP contribution in [0.1, 0.15) is 34.3 Å². The maximum absolute atomic E-state index is 13.1. The van der Waals surface area contributed by atoms with E-state index < -0.39 is 5.97 Å². The first-order valence-electron chi connectivity index (χ1n) is 11.0. The van der Waals surface area contributed by atoms with Crippen LogP contribution < -0.4 is 5.32 Å². The average molecular weight is 468 g/mol. The van der Waals surface area contributed by atoms with Gasteiger partial charge < -0.3 is 14.5 Å². The van der Waals surface area contributed by atoms with Crippen LogP contribution in [0, 0.1) is 5.82 Å². The van der Waals surface area contributed by atoms with Crippen molar-refractivity contribution in [3.05, 3.63) is 77.8 Å². The second-order valence-electron chi connectivity index (χ2n) is 8.02. The van der Waals surface area contributed by atoms with Crippen molar-refractivity contribution in [2.24, 2.45) is 0 Å². The number of aromatic nitrogens is 3. The van der Waals surface area contributed by atoms with E-state index in [4.69, 9.17) is 9.15 Å². The molecule has 2 atom stereocenters. The molecule has 1 fully saturated rings. The molecule has 0 spiro atoms. The van der Waals surface area contributed by atoms with E-state index in [1.807, 2.05) is 24.3 Å². The number of likely N-dealkylation sites (tertiary alicyclic amines) is 1. The van der Waals surface area contributed by atoms with Gasteiger partial charge >= 0.3 is 5.97 Å². The molecule has 0 saturated carbocycles. The highest BCUT2D eigenvalue weighted by molar-refractivity contribution is 5.86. The van der Waals surface area contributed by atoms with Crippen molar-refractivity contribution in [2.75, 3.05) is 26.7 Å². The summed E-state index contributed by atoms with van der Waals surface area (Å²) < 4.78 is 24.7. The monoisotopic (exact) mass is 467 g/mol. The molecule has 178 valence electrons. The molecule has 1 saturated heterocycles. The smallest absolute Gasteiger partial charge is 0.360 e. The summed E-state index contributed by atoms with van der Waals surface area (Å²) in [6, 6.07) is 9.39. The van der Waals surface area contributed by atoms with Crippen molar-refractivity contribution in [1.82, 2.24) is 25.2 Å². The molecule has 3 aromatic rings. The van der Waals surface area contributed by atoms with Gasteiger partial charge in [0.05, 0.1) is 31.7 Å². The number of esters is 1. The lowest BCUT2D eigenvalue weighted by atomic mass is 10.1. The first kappa shape index (κ1) is 23.4. The molecule has 4 rings (SSSR count). The number of rotatable bonds is 9. The minimum Gasteiger partial charge on any atom is -0.465 e. The van der Waals surface area contributed by atoms with Crippen LogP contribution in [0.25, 0.3) is 6.08 Å². The lowest BCUT2D eigenvalue weighted by Gasteiger charge is -2.21. The molecule has 10 heteroatoms. The van der Waals surface area contributed by atoms with E-state index in [-0.39, 0.29) is 29.5 Å². The largest absolute Gasteiger partial charge is 0.465 e. The van der Waals surface area contributed by atoms with Crippen LogP contribution >= 0.6 is 0 Å². The summed E-state index contributed by atoms with van der Waals surface area (Å²) in [5.41, 5.74) is 1.07. The van der Waals surface area contributed by atoms with Gasteiger partial charge in [-0.15, -0.1) is 5.10 Å². The number of furan rings is 1. The van der Waals surface area contributed by atoms with E-state index in [1.54, 1.807) is 29.3 Å². The molecule has 0 radical (unpaired) electrons. The average Bonchev–Trinajstić information content (AvgIpc) is 3.61. The van der Waals surface area contributed by atoms with E-state index in [0.717, 1.165) is 11.3 Å². The molecule has 3 heterocycles. The fourth-order valence-corrected chi connectivity index (χ4v) is 3.99. The highest BCUT2D eigenvalue weighted by atomic mass is 19.1. The Kier molecular flexibility index (Phi) is 7.48. The van der Waals surface area contributed by atoms with E-state index in [2.05, 4.69) is 20.5 Å². The Bertz CT molecular complexity index is 1130. The lowest BCUT2D eigenvalue weighted by molar-refractivity contribution is -0.125. The Morgan fingerprint density at radius 2 is 2.12 bits per heavy atom. The number of benzene rings is 1. The van der Waals surface area contributed by atoms with Gasteiger partial charge in [-0.05, 0) is 48.7 Å². The predicted molar refractivity (Wildman–Crippen MR) is 121 cm³/mol. The number of nitrogens with zero attached hydrogens (tertiary/aromatic N) is 4. The molecule has 0 unspecified atom stereocenters. The third-order valence-electron chi connectivity index (χ3n) is 5.75. The number of amides is 1. The molecular formula is C24H26FN5O4. The van der Waals surface area contributed by atoms with Crippen molar-refractivity contribution in [2.45, 2.75) is 24.9 Å². The molecule has 0 bridgehead atoms. The van der Waals surface area contributed by atoms with E-state index in [9.17, 15) is 14.0 Å². The Morgan fingerprint density at radius 1 is 1.29 bits per heavy atom. The topological polar surface area (TPSA) is 102 Å². The van der Waals surface area contributed by atoms with Crippen molar-refractivity contribution < 1.29 is 23.1 Å². The van der Waals surface area contributed by atoms with E-state index in [0.29, 0.717) is 32.5 Å². The number of halogens is 1. The molecule has 0 aliphatic carbocycles. The highest BCUT2D eigenvalue weighted by Crippen LogP contribution is 2.27. The SMILES string of the molecule is COC(=O)c1cn([C@@H]2C[C@@H](C(=O)NCCc3ccc(F)cc3)N(CC=Cc3ccco3)C2)nn1. The number of ether oxygens (including phenoxy) is 1. The van der Waals surface area contributed by atoms with Gasteiger partial charge in [0.2, 0.25) is 5.91 Å². The van der Waals surface area contributed by atoms with E-state index in [1.165, 1.54) is 19.2 Å². The highest BCUT2D eigenvalue weighted by Gasteiger charge is 2.37. The normalized spacial score (nSPS) is 18.4. The zero-order valence-electron chi connectivity index (χ0n) is 18.8. The van der Waals surface area contributed by atoms with Gasteiger partial charge in [-0.25, -0.2) is 13.9 Å². The Morgan fingerprint density at radius 3 is 2.85 bits per heavy atom. The van der Waals surface area contributed by atoms with Crippen LogP contribution in [0.2, 0.25) is 0 Å². The minimum atomic E-state index is -0.558. The van der Waals surface area contributed by atoms with Gasteiger partial charge in [-0.1, -0.05) is 23.4 Å². The quantitative estimate of drug-likeness (QED) is 0.483. The number of nitrogens with one attached hydrogen (secondary N) is 1. The first-order valence-corrected chi connectivity index (χ1v) is 11.0. The summed E-state index contributed by atoms with van der Waals surface area (Å²) >= 11 is 0. The van der Waals surface area contributed by atoms with Crippen LogP contribution in [-0.4, -0.2) is 64.6 Å². The van der Waals surface area contributed by atoms with Crippen LogP contribution in [0.15, 0.2) is 59.4 Å². The number of methoxy groups -OCH3 is 1. The zero-order chi connectivity index (χ0) is 23.9. The maximum atomic E-state index is 13.1. The lowest BCUT2D eigenvalue weighted by Crippen LogP contribution is -2.43. The molecule has 9 nitrogen and oxygen atoms in total. The third-order valence-corrected chi connectivity index (χ3v) is 5.75. The molecule has 1 N–H and O–H groups in total. The second kappa shape index (κ2) is 10.9. The molecular weight excluding hydrogens is 441 g/mol. The summed E-state index contributed by atoms with van der Waals surface area (Å²) in [6.45, 7) is 1.53. The molecule has 2 aromatic heterocycles. The van der Waals surface area contributed by atoms with Crippen LogP contribution in [0.5, 0.6) is 0 Å². The minimum absolute atomic E-state index is 0.0932. The standard InChI is InChI=1S/C24H26FN5O4/c1-33-24(32)21-16-30(28-27-21)19-14-22(29(15-19)12-2-4-20-5-3-13-34-20)23(31)26-11-10-17-6-8-18(25)9-7-17/h2-9,13,16,19,22H,10-12,14-15H2,1H3,(H,26,31)/t19-,22+/m1/s1. The summed E-state index contributed by atoms with van der Waals surface area (Å²) in [6.07, 6.45) is 8.07. The Balaban J connectivity index is 1.41. The van der Waals surface area contributed by atoms with Crippen molar-refractivity contribution in [1.29, 1.82) is 0 Å². The van der Waals surface area contributed by atoms with E-state index >= 15 is 0 Å². The van der Waals surface area contributed by atoms with Crippen LogP contribution in [0.4, 0.5) is 4.39 Å². The molecule has 1 aromatic carbocycles. The fraction of sp³-hybridized carbons (Fsp3) is 0.333. The van der Waals surface area contributed by atoms with Crippen molar-refractivity contribution in [3.63, 3.8) is 0 Å². The second-order valence-corrected chi connectivity index (χ2v) is 8.02. The van der Waals surface area contributed by atoms with Gasteiger partial charge in [0.1, 0.15) is 11.6 Å². The number of hydrogen-bond donors (Lipinski definition) is 1. The summed E-state index contributed by atoms with van der Waals surface area (Å²) in [7, 11) is 1.29. The molecule has 1 aliphatic heterocycles. The Hall–Kier alpha value is -3.79. The predicted octanol–water partition coefficient (Wildman–Crippen LogP) is 2.48. The summed E-state index contributed by atoms with van der Waals surface area (Å²) in [5, 5.41) is 10.9. The fourth-order valence-electron chi connectivity index (χ4n) is 3.99. The summed E-state index contributed by atoms with van der Waals surface area (Å²) in [4.78, 5) is 26.8. The number of carbonyl (C=O) groups excluding carboxylic acids is 2. The van der Waals surface area contributed by atoms with Gasteiger partial charge in [-0.2, -0.15) is 0 Å². The Labute approximate surface area is 196 Å². The first-order chi connectivity index (χ1) is 16.5. The summed E-state index contributed by atoms with van der Waals surface area (Å²) in [5.74, 6) is -0.205. The van der Waals surface area contributed by atoms with Gasteiger partial charge in [-0.3, -0.25) is 9.69 Å². The number of hydrogen-bond acceptors (Lipinski definition) is 7. The van der Waals surface area contributed by atoms with Crippen LogP contribution in [0.3, 0.4) is 0 Å². The molecule has 1 aliphatic rings. The third kappa shape index (κ3) is 5.76. The number of carbonyl (C=O) groups is 2. The van der Waals surface area contributed by atoms with Gasteiger partial charge in [0.15, 0.2) is 5.69 Å². The maximum Gasteiger partial charge on any atom is 0.360 e. The van der Waals surface area contributed by atoms with Crippen molar-refractivity contribution >= 4 is 18.0 Å². The van der Waals surface area contributed by atoms with Crippen molar-refractivity contribution in [3.8, 4) is 0 Å². The van der Waals surface area contributed by atoms with Crippen LogP contribution in [-0.2, 0) is 16.0 Å².